The molecule has 1 saturated heterocycles. The highest BCUT2D eigenvalue weighted by molar-refractivity contribution is 5.93. The molecule has 2 fully saturated rings. The van der Waals surface area contributed by atoms with Gasteiger partial charge in [-0.1, -0.05) is 6.42 Å². The van der Waals surface area contributed by atoms with Crippen LogP contribution in [0.1, 0.15) is 48.2 Å². The van der Waals surface area contributed by atoms with Crippen molar-refractivity contribution in [2.75, 3.05) is 31.1 Å². The van der Waals surface area contributed by atoms with Gasteiger partial charge in [-0.05, 0) is 62.9 Å². The predicted molar refractivity (Wildman–Crippen MR) is 144 cm³/mol. The zero-order valence-corrected chi connectivity index (χ0v) is 21.8. The SMILES string of the molecule is Cc1nc(N2CCN(C(=O)OC3(C(N)=O)CCCCC3)CC2)nc2c1ccc(=O)n2-c1ccc(C(N)=O)cc1. The Hall–Kier alpha value is -4.48. The maximum atomic E-state index is 12.9. The van der Waals surface area contributed by atoms with Gasteiger partial charge in [0, 0.05) is 43.2 Å². The Morgan fingerprint density at radius 1 is 0.897 bits per heavy atom. The van der Waals surface area contributed by atoms with Crippen molar-refractivity contribution in [3.8, 4) is 5.69 Å². The fourth-order valence-corrected chi connectivity index (χ4v) is 5.26. The number of hydrogen-bond acceptors (Lipinski definition) is 8. The molecule has 12 heteroatoms. The summed E-state index contributed by atoms with van der Waals surface area (Å²) >= 11 is 0. The van der Waals surface area contributed by atoms with Crippen molar-refractivity contribution in [2.24, 2.45) is 11.5 Å². The third-order valence-electron chi connectivity index (χ3n) is 7.55. The molecule has 4 N–H and O–H groups in total. The Balaban J connectivity index is 1.37. The van der Waals surface area contributed by atoms with Crippen LogP contribution in [-0.4, -0.2) is 69.1 Å². The fourth-order valence-electron chi connectivity index (χ4n) is 5.26. The number of aryl methyl sites for hydroxylation is 1. The van der Waals surface area contributed by atoms with E-state index in [1.807, 2.05) is 11.8 Å². The molecule has 0 atom stereocenters. The quantitative estimate of drug-likeness (QED) is 0.499. The van der Waals surface area contributed by atoms with Crippen LogP contribution >= 0.6 is 0 Å². The van der Waals surface area contributed by atoms with E-state index in [1.165, 1.54) is 10.6 Å². The highest BCUT2D eigenvalue weighted by Crippen LogP contribution is 2.32. The topological polar surface area (TPSA) is 167 Å². The largest absolute Gasteiger partial charge is 0.433 e. The summed E-state index contributed by atoms with van der Waals surface area (Å²) in [6.07, 6.45) is 2.94. The first kappa shape index (κ1) is 26.1. The van der Waals surface area contributed by atoms with Crippen molar-refractivity contribution < 1.29 is 19.1 Å². The van der Waals surface area contributed by atoms with Crippen LogP contribution in [0.15, 0.2) is 41.2 Å². The molecule has 39 heavy (non-hydrogen) atoms. The van der Waals surface area contributed by atoms with Gasteiger partial charge in [-0.15, -0.1) is 0 Å². The summed E-state index contributed by atoms with van der Waals surface area (Å²) in [5.74, 6) is -0.717. The Kier molecular flexibility index (Phi) is 6.94. The van der Waals surface area contributed by atoms with Gasteiger partial charge >= 0.3 is 6.09 Å². The molecule has 0 spiro atoms. The second-order valence-electron chi connectivity index (χ2n) is 10.0. The third-order valence-corrected chi connectivity index (χ3v) is 7.55. The van der Waals surface area contributed by atoms with Gasteiger partial charge in [-0.3, -0.25) is 19.0 Å². The molecule has 1 aromatic carbocycles. The van der Waals surface area contributed by atoms with E-state index in [0.29, 0.717) is 72.9 Å². The smallest absolute Gasteiger partial charge is 0.410 e. The van der Waals surface area contributed by atoms with Crippen LogP contribution in [0.25, 0.3) is 16.7 Å². The molecule has 12 nitrogen and oxygen atoms in total. The zero-order valence-electron chi connectivity index (χ0n) is 21.8. The summed E-state index contributed by atoms with van der Waals surface area (Å²) in [5, 5.41) is 0.712. The fraction of sp³-hybridized carbons (Fsp3) is 0.407. The van der Waals surface area contributed by atoms with Crippen LogP contribution in [0.4, 0.5) is 10.7 Å². The van der Waals surface area contributed by atoms with Crippen molar-refractivity contribution in [1.82, 2.24) is 19.4 Å². The van der Waals surface area contributed by atoms with Crippen LogP contribution in [0.5, 0.6) is 0 Å². The maximum absolute atomic E-state index is 12.9. The van der Waals surface area contributed by atoms with Crippen molar-refractivity contribution >= 4 is 34.9 Å². The lowest BCUT2D eigenvalue weighted by atomic mass is 9.84. The van der Waals surface area contributed by atoms with E-state index in [-0.39, 0.29) is 5.56 Å². The number of primary amides is 2. The Labute approximate surface area is 224 Å². The number of piperazine rings is 1. The molecular weight excluding hydrogens is 502 g/mol. The molecular formula is C27H31N7O5. The molecule has 204 valence electrons. The van der Waals surface area contributed by atoms with Gasteiger partial charge in [0.15, 0.2) is 11.2 Å². The normalized spacial score (nSPS) is 17.2. The maximum Gasteiger partial charge on any atom is 0.410 e. The molecule has 0 radical (unpaired) electrons. The van der Waals surface area contributed by atoms with Gasteiger partial charge in [-0.25, -0.2) is 9.78 Å². The number of nitrogens with two attached hydrogens (primary N) is 2. The third kappa shape index (κ3) is 5.01. The lowest BCUT2D eigenvalue weighted by molar-refractivity contribution is -0.141. The van der Waals surface area contributed by atoms with Gasteiger partial charge in [0.2, 0.25) is 11.9 Å². The Morgan fingerprint density at radius 3 is 2.18 bits per heavy atom. The van der Waals surface area contributed by atoms with Crippen LogP contribution in [0.3, 0.4) is 0 Å². The lowest BCUT2D eigenvalue weighted by Crippen LogP contribution is -2.54. The molecule has 1 aliphatic carbocycles. The number of nitrogens with zero attached hydrogens (tertiary/aromatic N) is 5. The Bertz CT molecular complexity index is 1490. The summed E-state index contributed by atoms with van der Waals surface area (Å²) in [4.78, 5) is 62.4. The lowest BCUT2D eigenvalue weighted by Gasteiger charge is -2.38. The minimum atomic E-state index is -1.23. The average molecular weight is 534 g/mol. The summed E-state index contributed by atoms with van der Waals surface area (Å²) in [6, 6.07) is 9.56. The van der Waals surface area contributed by atoms with E-state index < -0.39 is 23.5 Å². The highest BCUT2D eigenvalue weighted by Gasteiger charge is 2.43. The number of fused-ring (bicyclic) bond motifs is 1. The summed E-state index contributed by atoms with van der Waals surface area (Å²) in [5.41, 5.74) is 11.5. The molecule has 3 heterocycles. The van der Waals surface area contributed by atoms with E-state index >= 15 is 0 Å². The number of carbonyl (C=O) groups is 3. The number of aromatic nitrogens is 3. The highest BCUT2D eigenvalue weighted by atomic mass is 16.6. The van der Waals surface area contributed by atoms with Crippen molar-refractivity contribution in [2.45, 2.75) is 44.6 Å². The second kappa shape index (κ2) is 10.4. The van der Waals surface area contributed by atoms with Crippen molar-refractivity contribution in [1.29, 1.82) is 0 Å². The number of pyridine rings is 1. The first-order valence-electron chi connectivity index (χ1n) is 13.0. The van der Waals surface area contributed by atoms with E-state index in [0.717, 1.165) is 19.3 Å². The first-order chi connectivity index (χ1) is 18.7. The van der Waals surface area contributed by atoms with Gasteiger partial charge in [0.1, 0.15) is 0 Å². The van der Waals surface area contributed by atoms with Gasteiger partial charge in [0.05, 0.1) is 11.4 Å². The zero-order chi connectivity index (χ0) is 27.7. The second-order valence-corrected chi connectivity index (χ2v) is 10.0. The minimum absolute atomic E-state index is 0.281. The van der Waals surface area contributed by atoms with Crippen LogP contribution in [-0.2, 0) is 9.53 Å². The number of benzene rings is 1. The van der Waals surface area contributed by atoms with Gasteiger partial charge < -0.3 is 26.0 Å². The monoisotopic (exact) mass is 533 g/mol. The molecule has 1 saturated carbocycles. The van der Waals surface area contributed by atoms with Crippen LogP contribution < -0.4 is 21.9 Å². The van der Waals surface area contributed by atoms with Gasteiger partial charge in [0.25, 0.3) is 11.5 Å². The number of ether oxygens (including phenoxy) is 1. The summed E-state index contributed by atoms with van der Waals surface area (Å²) in [7, 11) is 0. The molecule has 5 rings (SSSR count). The summed E-state index contributed by atoms with van der Waals surface area (Å²) in [6.45, 7) is 3.43. The molecule has 3 amide bonds. The number of anilines is 1. The van der Waals surface area contributed by atoms with E-state index in [2.05, 4.69) is 4.98 Å². The van der Waals surface area contributed by atoms with Crippen molar-refractivity contribution in [3.63, 3.8) is 0 Å². The number of carbonyl (C=O) groups excluding carboxylic acids is 3. The van der Waals surface area contributed by atoms with Crippen molar-refractivity contribution in [3.05, 3.63) is 58.0 Å². The van der Waals surface area contributed by atoms with E-state index in [9.17, 15) is 19.2 Å². The standard InChI is InChI=1S/C27H31N7O5/c1-17-20-9-10-21(35)34(19-7-5-18(6-8-19)22(28)36)23(20)31-25(30-17)32-13-15-33(16-14-32)26(38)39-27(24(29)37)11-3-2-4-12-27/h5-10H,2-4,11-16H2,1H3,(H2,28,36)(H2,29,37). The molecule has 2 aliphatic rings. The molecule has 0 unspecified atom stereocenters. The van der Waals surface area contributed by atoms with Crippen LogP contribution in [0, 0.1) is 6.92 Å². The number of rotatable bonds is 5. The molecule has 3 aromatic rings. The first-order valence-corrected chi connectivity index (χ1v) is 13.0. The molecule has 0 bridgehead atoms. The van der Waals surface area contributed by atoms with Crippen LogP contribution in [0.2, 0.25) is 0 Å². The van der Waals surface area contributed by atoms with Gasteiger partial charge in [-0.2, -0.15) is 4.98 Å². The van der Waals surface area contributed by atoms with E-state index in [1.54, 1.807) is 35.2 Å². The molecule has 1 aliphatic heterocycles. The number of amides is 3. The van der Waals surface area contributed by atoms with E-state index in [4.69, 9.17) is 21.2 Å². The average Bonchev–Trinajstić information content (AvgIpc) is 2.93. The number of hydrogen-bond donors (Lipinski definition) is 2. The molecule has 2 aromatic heterocycles. The Morgan fingerprint density at radius 2 is 1.56 bits per heavy atom. The summed E-state index contributed by atoms with van der Waals surface area (Å²) < 4.78 is 7.17. The minimum Gasteiger partial charge on any atom is -0.433 e. The predicted octanol–water partition coefficient (Wildman–Crippen LogP) is 1.63.